The lowest BCUT2D eigenvalue weighted by molar-refractivity contribution is 0.416. The van der Waals surface area contributed by atoms with Gasteiger partial charge in [-0.1, -0.05) is 18.2 Å². The maximum atomic E-state index is 5.30. The number of hydrogen-bond donors (Lipinski definition) is 0. The Morgan fingerprint density at radius 1 is 1.38 bits per heavy atom. The van der Waals surface area contributed by atoms with Gasteiger partial charge in [-0.05, 0) is 6.07 Å². The van der Waals surface area contributed by atoms with E-state index in [0.717, 1.165) is 6.61 Å². The van der Waals surface area contributed by atoms with Gasteiger partial charge in [0.1, 0.15) is 6.10 Å². The topological polar surface area (TPSA) is 17.5 Å². The second-order valence-corrected chi connectivity index (χ2v) is 3.53. The molecule has 1 fully saturated rings. The van der Waals surface area contributed by atoms with Crippen molar-refractivity contribution in [2.45, 2.75) is 6.10 Å². The summed E-state index contributed by atoms with van der Waals surface area (Å²) in [5.74, 6) is 0. The highest BCUT2D eigenvalue weighted by molar-refractivity contribution is 5.84. The molecule has 1 saturated heterocycles. The predicted molar refractivity (Wildman–Crippen MR) is 51.6 cm³/mol. The van der Waals surface area contributed by atoms with E-state index >= 15 is 0 Å². The zero-order chi connectivity index (χ0) is 8.84. The van der Waals surface area contributed by atoms with E-state index in [9.17, 15) is 0 Å². The number of fused-ring (bicyclic) bond motifs is 1. The van der Waals surface area contributed by atoms with Crippen molar-refractivity contribution in [3.8, 4) is 0 Å². The smallest absolute Gasteiger partial charge is 0.108 e. The SMILES string of the molecule is Cn1cc(C2CO2)c2ccccc21. The van der Waals surface area contributed by atoms with Crippen molar-refractivity contribution in [1.29, 1.82) is 0 Å². The van der Waals surface area contributed by atoms with E-state index in [2.05, 4.69) is 42.1 Å². The standard InChI is InChI=1S/C11H11NO/c1-12-6-9(11-7-13-11)8-4-2-3-5-10(8)12/h2-6,11H,7H2,1H3. The first-order valence-electron chi connectivity index (χ1n) is 4.52. The summed E-state index contributed by atoms with van der Waals surface area (Å²) in [6.07, 6.45) is 2.52. The van der Waals surface area contributed by atoms with Crippen LogP contribution in [0.2, 0.25) is 0 Å². The number of para-hydroxylation sites is 1. The third kappa shape index (κ3) is 0.988. The molecule has 0 spiro atoms. The van der Waals surface area contributed by atoms with Crippen LogP contribution >= 0.6 is 0 Å². The number of aryl methyl sites for hydroxylation is 1. The number of epoxide rings is 1. The normalized spacial score (nSPS) is 20.8. The van der Waals surface area contributed by atoms with Crippen LogP contribution in [0.25, 0.3) is 10.9 Å². The van der Waals surface area contributed by atoms with Crippen LogP contribution in [-0.4, -0.2) is 11.2 Å². The molecule has 0 aliphatic carbocycles. The monoisotopic (exact) mass is 173 g/mol. The molecule has 0 N–H and O–H groups in total. The summed E-state index contributed by atoms with van der Waals surface area (Å²) in [7, 11) is 2.08. The summed E-state index contributed by atoms with van der Waals surface area (Å²) in [5, 5.41) is 1.33. The van der Waals surface area contributed by atoms with Crippen LogP contribution in [0.5, 0.6) is 0 Å². The summed E-state index contributed by atoms with van der Waals surface area (Å²) < 4.78 is 7.46. The zero-order valence-corrected chi connectivity index (χ0v) is 7.53. The van der Waals surface area contributed by atoms with Crippen LogP contribution in [0.4, 0.5) is 0 Å². The van der Waals surface area contributed by atoms with E-state index in [0.29, 0.717) is 6.10 Å². The van der Waals surface area contributed by atoms with Gasteiger partial charge in [0.25, 0.3) is 0 Å². The molecule has 1 aromatic heterocycles. The number of aromatic nitrogens is 1. The Kier molecular flexibility index (Phi) is 1.30. The van der Waals surface area contributed by atoms with E-state index < -0.39 is 0 Å². The molecule has 13 heavy (non-hydrogen) atoms. The van der Waals surface area contributed by atoms with Crippen molar-refractivity contribution in [3.63, 3.8) is 0 Å². The maximum absolute atomic E-state index is 5.30. The average Bonchev–Trinajstić information content (AvgIpc) is 2.94. The first-order valence-corrected chi connectivity index (χ1v) is 4.52. The summed E-state index contributed by atoms with van der Waals surface area (Å²) in [6, 6.07) is 8.45. The molecule has 2 heterocycles. The lowest BCUT2D eigenvalue weighted by Gasteiger charge is -1.93. The summed E-state index contributed by atoms with van der Waals surface area (Å²) in [6.45, 7) is 0.883. The Labute approximate surface area is 76.7 Å². The van der Waals surface area contributed by atoms with Gasteiger partial charge in [-0.15, -0.1) is 0 Å². The minimum atomic E-state index is 0.353. The van der Waals surface area contributed by atoms with Gasteiger partial charge in [0, 0.05) is 29.7 Å². The molecule has 1 aromatic carbocycles. The van der Waals surface area contributed by atoms with E-state index in [1.165, 1.54) is 16.5 Å². The molecule has 0 bridgehead atoms. The van der Waals surface area contributed by atoms with Gasteiger partial charge in [-0.3, -0.25) is 0 Å². The molecule has 0 radical (unpaired) electrons. The van der Waals surface area contributed by atoms with Crippen LogP contribution in [-0.2, 0) is 11.8 Å². The van der Waals surface area contributed by atoms with Gasteiger partial charge < -0.3 is 9.30 Å². The lowest BCUT2D eigenvalue weighted by atomic mass is 10.1. The highest BCUT2D eigenvalue weighted by atomic mass is 16.6. The fourth-order valence-electron chi connectivity index (χ4n) is 1.86. The maximum Gasteiger partial charge on any atom is 0.108 e. The van der Waals surface area contributed by atoms with E-state index in [4.69, 9.17) is 4.74 Å². The fraction of sp³-hybridized carbons (Fsp3) is 0.273. The minimum absolute atomic E-state index is 0.353. The van der Waals surface area contributed by atoms with Crippen LogP contribution < -0.4 is 0 Å². The van der Waals surface area contributed by atoms with Gasteiger partial charge in [0.05, 0.1) is 6.61 Å². The van der Waals surface area contributed by atoms with E-state index in [1.807, 2.05) is 0 Å². The molecule has 2 aromatic rings. The third-order valence-electron chi connectivity index (χ3n) is 2.61. The molecule has 1 aliphatic heterocycles. The quantitative estimate of drug-likeness (QED) is 0.604. The Hall–Kier alpha value is -1.28. The average molecular weight is 173 g/mol. The molecular formula is C11H11NO. The van der Waals surface area contributed by atoms with Crippen LogP contribution in [0.1, 0.15) is 11.7 Å². The fourth-order valence-corrected chi connectivity index (χ4v) is 1.86. The predicted octanol–water partition coefficient (Wildman–Crippen LogP) is 2.25. The third-order valence-corrected chi connectivity index (χ3v) is 2.61. The van der Waals surface area contributed by atoms with Crippen LogP contribution in [0.3, 0.4) is 0 Å². The lowest BCUT2D eigenvalue weighted by Crippen LogP contribution is -1.81. The van der Waals surface area contributed by atoms with E-state index in [-0.39, 0.29) is 0 Å². The molecule has 1 aliphatic rings. The van der Waals surface area contributed by atoms with Crippen molar-refractivity contribution in [3.05, 3.63) is 36.0 Å². The largest absolute Gasteiger partial charge is 0.368 e. The van der Waals surface area contributed by atoms with Crippen molar-refractivity contribution in [2.75, 3.05) is 6.61 Å². The number of hydrogen-bond acceptors (Lipinski definition) is 1. The van der Waals surface area contributed by atoms with Gasteiger partial charge in [-0.2, -0.15) is 0 Å². The number of ether oxygens (including phenoxy) is 1. The van der Waals surface area contributed by atoms with Crippen LogP contribution in [0.15, 0.2) is 30.5 Å². The van der Waals surface area contributed by atoms with Gasteiger partial charge in [0.2, 0.25) is 0 Å². The van der Waals surface area contributed by atoms with Crippen molar-refractivity contribution in [1.82, 2.24) is 4.57 Å². The van der Waals surface area contributed by atoms with Gasteiger partial charge >= 0.3 is 0 Å². The Morgan fingerprint density at radius 3 is 2.92 bits per heavy atom. The highest BCUT2D eigenvalue weighted by Crippen LogP contribution is 2.35. The minimum Gasteiger partial charge on any atom is -0.368 e. The molecule has 0 amide bonds. The second kappa shape index (κ2) is 2.36. The molecule has 1 atom stereocenters. The van der Waals surface area contributed by atoms with Crippen molar-refractivity contribution in [2.24, 2.45) is 7.05 Å². The zero-order valence-electron chi connectivity index (χ0n) is 7.53. The number of nitrogens with zero attached hydrogens (tertiary/aromatic N) is 1. The van der Waals surface area contributed by atoms with Gasteiger partial charge in [0.15, 0.2) is 0 Å². The van der Waals surface area contributed by atoms with Gasteiger partial charge in [-0.25, -0.2) is 0 Å². The molecular weight excluding hydrogens is 162 g/mol. The Balaban J connectivity index is 2.34. The Morgan fingerprint density at radius 2 is 2.15 bits per heavy atom. The number of benzene rings is 1. The molecule has 66 valence electrons. The highest BCUT2D eigenvalue weighted by Gasteiger charge is 2.27. The molecule has 1 unspecified atom stereocenters. The van der Waals surface area contributed by atoms with Crippen molar-refractivity contribution >= 4 is 10.9 Å². The van der Waals surface area contributed by atoms with E-state index in [1.54, 1.807) is 0 Å². The number of rotatable bonds is 1. The van der Waals surface area contributed by atoms with Crippen molar-refractivity contribution < 1.29 is 4.74 Å². The Bertz CT molecular complexity index is 454. The molecule has 0 saturated carbocycles. The molecule has 2 heteroatoms. The second-order valence-electron chi connectivity index (χ2n) is 3.53. The summed E-state index contributed by atoms with van der Waals surface area (Å²) >= 11 is 0. The van der Waals surface area contributed by atoms with Crippen LogP contribution in [0, 0.1) is 0 Å². The summed E-state index contributed by atoms with van der Waals surface area (Å²) in [4.78, 5) is 0. The molecule has 3 rings (SSSR count). The first-order chi connectivity index (χ1) is 6.36. The molecule has 2 nitrogen and oxygen atoms in total. The first kappa shape index (κ1) is 7.15. The summed E-state index contributed by atoms with van der Waals surface area (Å²) in [5.41, 5.74) is 2.62.